The summed E-state index contributed by atoms with van der Waals surface area (Å²) in [5, 5.41) is 15.5. The van der Waals surface area contributed by atoms with E-state index in [1.165, 1.54) is 10.8 Å². The van der Waals surface area contributed by atoms with Crippen molar-refractivity contribution in [1.82, 2.24) is 9.97 Å². The molecule has 7 aromatic rings. The van der Waals surface area contributed by atoms with E-state index >= 15 is 0 Å². The van der Waals surface area contributed by atoms with Crippen molar-refractivity contribution in [2.24, 2.45) is 0 Å². The highest BCUT2D eigenvalue weighted by molar-refractivity contribution is 6.14. The van der Waals surface area contributed by atoms with E-state index in [1.54, 1.807) is 6.07 Å². The van der Waals surface area contributed by atoms with Crippen molar-refractivity contribution in [1.29, 1.82) is 0 Å². The average Bonchev–Trinajstić information content (AvgIpc) is 3.28. The van der Waals surface area contributed by atoms with Crippen LogP contribution in [0, 0.1) is 0 Å². The van der Waals surface area contributed by atoms with Crippen molar-refractivity contribution in [2.75, 3.05) is 4.90 Å². The van der Waals surface area contributed by atoms with Crippen LogP contribution in [0.5, 0.6) is 5.75 Å². The lowest BCUT2D eigenvalue weighted by molar-refractivity contribution is 0.476. The first-order valence-electron chi connectivity index (χ1n) is 14.6. The second-order valence-corrected chi connectivity index (χ2v) is 11.7. The topological polar surface area (TPSA) is 49.2 Å². The third kappa shape index (κ3) is 3.91. The van der Waals surface area contributed by atoms with E-state index < -0.39 is 0 Å². The molecule has 0 radical (unpaired) electrons. The second kappa shape index (κ2) is 9.53. The van der Waals surface area contributed by atoms with Crippen LogP contribution in [0.3, 0.4) is 0 Å². The number of hydrogen-bond acceptors (Lipinski definition) is 4. The summed E-state index contributed by atoms with van der Waals surface area (Å²) in [5.74, 6) is 1.11. The Balaban J connectivity index is 1.35. The van der Waals surface area contributed by atoms with Gasteiger partial charge in [0.25, 0.3) is 0 Å². The summed E-state index contributed by atoms with van der Waals surface area (Å²) < 4.78 is 0. The van der Waals surface area contributed by atoms with Gasteiger partial charge in [-0.05, 0) is 64.4 Å². The molecule has 1 N–H and O–H groups in total. The number of fused-ring (bicyclic) bond motifs is 5. The largest absolute Gasteiger partial charge is 0.507 e. The molecule has 2 aromatic heterocycles. The van der Waals surface area contributed by atoms with Crippen LogP contribution in [-0.4, -0.2) is 15.1 Å². The molecule has 8 rings (SSSR count). The zero-order valence-corrected chi connectivity index (χ0v) is 24.0. The Morgan fingerprint density at radius 2 is 1.37 bits per heavy atom. The summed E-state index contributed by atoms with van der Waals surface area (Å²) in [5.41, 5.74) is 7.60. The van der Waals surface area contributed by atoms with Gasteiger partial charge in [0.15, 0.2) is 0 Å². The molecule has 2 heterocycles. The quantitative estimate of drug-likeness (QED) is 0.220. The standard InChI is InChI=1S/C39H29N3O/c1-39(2)31-17-10-18-34(43)36(31)37-32(39)20-21-33(41-37)27-13-9-14-28(24-27)42(35-19-7-8-22-40-35)38-29-15-5-3-11-25(29)23-26-12-4-6-16-30(26)38/h3-24,43H,1-2H3. The third-order valence-corrected chi connectivity index (χ3v) is 8.77. The van der Waals surface area contributed by atoms with Gasteiger partial charge in [0.05, 0.1) is 17.1 Å². The van der Waals surface area contributed by atoms with Crippen LogP contribution in [0.2, 0.25) is 0 Å². The fourth-order valence-electron chi connectivity index (χ4n) is 6.67. The highest BCUT2D eigenvalue weighted by Gasteiger charge is 2.38. The van der Waals surface area contributed by atoms with E-state index in [4.69, 9.17) is 9.97 Å². The molecule has 0 unspecified atom stereocenters. The van der Waals surface area contributed by atoms with E-state index in [2.05, 4.69) is 122 Å². The van der Waals surface area contributed by atoms with E-state index in [9.17, 15) is 5.11 Å². The van der Waals surface area contributed by atoms with Crippen LogP contribution in [0.15, 0.2) is 134 Å². The predicted octanol–water partition coefficient (Wildman–Crippen LogP) is 9.93. The number of phenols is 1. The summed E-state index contributed by atoms with van der Waals surface area (Å²) in [6.07, 6.45) is 1.84. The van der Waals surface area contributed by atoms with Gasteiger partial charge in [0.1, 0.15) is 11.6 Å². The highest BCUT2D eigenvalue weighted by atomic mass is 16.3. The molecule has 0 saturated carbocycles. The summed E-state index contributed by atoms with van der Waals surface area (Å²) in [6.45, 7) is 4.39. The molecule has 1 aliphatic rings. The molecule has 0 atom stereocenters. The molecule has 206 valence electrons. The molecule has 4 heteroatoms. The molecule has 0 bridgehead atoms. The summed E-state index contributed by atoms with van der Waals surface area (Å²) in [4.78, 5) is 12.3. The maximum Gasteiger partial charge on any atom is 0.137 e. The van der Waals surface area contributed by atoms with Crippen LogP contribution >= 0.6 is 0 Å². The number of benzene rings is 5. The first-order valence-corrected chi connectivity index (χ1v) is 14.6. The molecule has 1 aliphatic carbocycles. The summed E-state index contributed by atoms with van der Waals surface area (Å²) >= 11 is 0. The van der Waals surface area contributed by atoms with E-state index in [0.29, 0.717) is 0 Å². The Morgan fingerprint density at radius 3 is 2.12 bits per heavy atom. The first kappa shape index (κ1) is 25.2. The van der Waals surface area contributed by atoms with Gasteiger partial charge in [-0.2, -0.15) is 0 Å². The first-order chi connectivity index (χ1) is 21.0. The monoisotopic (exact) mass is 555 g/mol. The Kier molecular flexibility index (Phi) is 5.60. The fourth-order valence-corrected chi connectivity index (χ4v) is 6.67. The average molecular weight is 556 g/mol. The molecule has 0 amide bonds. The lowest BCUT2D eigenvalue weighted by atomic mass is 9.83. The van der Waals surface area contributed by atoms with Crippen LogP contribution in [0.4, 0.5) is 17.2 Å². The van der Waals surface area contributed by atoms with Crippen molar-refractivity contribution < 1.29 is 5.11 Å². The predicted molar refractivity (Wildman–Crippen MR) is 176 cm³/mol. The maximum atomic E-state index is 10.9. The maximum absolute atomic E-state index is 10.9. The van der Waals surface area contributed by atoms with Crippen molar-refractivity contribution in [3.05, 3.63) is 145 Å². The van der Waals surface area contributed by atoms with Gasteiger partial charge in [0, 0.05) is 39.2 Å². The zero-order chi connectivity index (χ0) is 29.1. The van der Waals surface area contributed by atoms with Crippen molar-refractivity contribution in [2.45, 2.75) is 19.3 Å². The molecule has 0 aliphatic heterocycles. The molecule has 0 spiro atoms. The number of nitrogens with zero attached hydrogens (tertiary/aromatic N) is 3. The molecule has 4 nitrogen and oxygen atoms in total. The Hall–Kier alpha value is -5.48. The van der Waals surface area contributed by atoms with Gasteiger partial charge in [0.2, 0.25) is 0 Å². The molecule has 0 saturated heterocycles. The molecular weight excluding hydrogens is 526 g/mol. The number of aromatic nitrogens is 2. The Morgan fingerprint density at radius 1 is 0.651 bits per heavy atom. The van der Waals surface area contributed by atoms with Crippen molar-refractivity contribution in [3.8, 4) is 28.3 Å². The number of phenolic OH excluding ortho intramolecular Hbond substituents is 1. The highest BCUT2D eigenvalue weighted by Crippen LogP contribution is 2.51. The van der Waals surface area contributed by atoms with Crippen molar-refractivity contribution >= 4 is 38.7 Å². The van der Waals surface area contributed by atoms with E-state index in [1.807, 2.05) is 24.4 Å². The molecular formula is C39H29N3O. The number of hydrogen-bond donors (Lipinski definition) is 1. The third-order valence-electron chi connectivity index (χ3n) is 8.77. The lowest BCUT2D eigenvalue weighted by Gasteiger charge is -2.27. The van der Waals surface area contributed by atoms with E-state index in [0.717, 1.165) is 61.6 Å². The minimum atomic E-state index is -0.234. The summed E-state index contributed by atoms with van der Waals surface area (Å²) in [7, 11) is 0. The smallest absolute Gasteiger partial charge is 0.137 e. The lowest BCUT2D eigenvalue weighted by Crippen LogP contribution is -2.15. The van der Waals surface area contributed by atoms with Gasteiger partial charge in [-0.15, -0.1) is 0 Å². The number of pyridine rings is 2. The SMILES string of the molecule is CC1(C)c2ccc(-c3cccc(N(c4ccccn4)c4c5ccccc5cc5ccccc45)c3)nc2-c2c(O)cccc21. The van der Waals surface area contributed by atoms with Crippen LogP contribution in [0.1, 0.15) is 25.0 Å². The summed E-state index contributed by atoms with van der Waals surface area (Å²) in [6, 6.07) is 43.9. The number of aromatic hydroxyl groups is 1. The minimum Gasteiger partial charge on any atom is -0.507 e. The normalized spacial score (nSPS) is 13.2. The van der Waals surface area contributed by atoms with Gasteiger partial charge in [-0.3, -0.25) is 4.90 Å². The van der Waals surface area contributed by atoms with Gasteiger partial charge in [-0.25, -0.2) is 9.97 Å². The molecule has 0 fully saturated rings. The fraction of sp³-hybridized carbons (Fsp3) is 0.0769. The van der Waals surface area contributed by atoms with Crippen LogP contribution in [0.25, 0.3) is 44.1 Å². The Bertz CT molecular complexity index is 2130. The minimum absolute atomic E-state index is 0.234. The van der Waals surface area contributed by atoms with E-state index in [-0.39, 0.29) is 11.2 Å². The number of rotatable bonds is 4. The van der Waals surface area contributed by atoms with Gasteiger partial charge >= 0.3 is 0 Å². The van der Waals surface area contributed by atoms with Gasteiger partial charge < -0.3 is 5.11 Å². The van der Waals surface area contributed by atoms with Crippen LogP contribution < -0.4 is 4.90 Å². The zero-order valence-electron chi connectivity index (χ0n) is 24.0. The second-order valence-electron chi connectivity index (χ2n) is 11.7. The Labute approximate surface area is 250 Å². The molecule has 5 aromatic carbocycles. The molecule has 43 heavy (non-hydrogen) atoms. The number of anilines is 3. The van der Waals surface area contributed by atoms with Crippen molar-refractivity contribution in [3.63, 3.8) is 0 Å². The van der Waals surface area contributed by atoms with Gasteiger partial charge in [-0.1, -0.05) is 98.8 Å². The van der Waals surface area contributed by atoms with Crippen LogP contribution in [-0.2, 0) is 5.41 Å².